The third kappa shape index (κ3) is 5.88. The summed E-state index contributed by atoms with van der Waals surface area (Å²) in [6.07, 6.45) is -2.66. The van der Waals surface area contributed by atoms with Gasteiger partial charge in [0.05, 0.1) is 11.6 Å². The Kier molecular flexibility index (Phi) is 7.32. The molecule has 0 radical (unpaired) electrons. The first kappa shape index (κ1) is 29.2. The van der Waals surface area contributed by atoms with Crippen molar-refractivity contribution in [3.8, 4) is 11.5 Å². The molecule has 9 nitrogen and oxygen atoms in total. The summed E-state index contributed by atoms with van der Waals surface area (Å²) < 4.78 is 101. The van der Waals surface area contributed by atoms with Gasteiger partial charge in [-0.25, -0.2) is 18.7 Å². The summed E-state index contributed by atoms with van der Waals surface area (Å²) in [4.78, 5) is 20.3. The van der Waals surface area contributed by atoms with Gasteiger partial charge in [-0.1, -0.05) is 0 Å². The standard InChI is InChI=1S/C25H25F5N4O5S/c1-11(14-6-15(22(26)27)8-16(7-14)34-13(3)35)31-23-17-9-19(39-40(36,37)25(28,29)30)21-18(10-24(4,5)38-21)20(17)32-12(2)33-23/h6-9,11,22H,10H2,1-5H3,(H,34,35)(H,31,32,33)/t11-/m1/s1. The summed E-state index contributed by atoms with van der Waals surface area (Å²) in [6.45, 7) is 7.76. The Labute approximate surface area is 226 Å². The van der Waals surface area contributed by atoms with Gasteiger partial charge in [-0.15, -0.1) is 0 Å². The van der Waals surface area contributed by atoms with Crippen LogP contribution in [0.5, 0.6) is 11.5 Å². The molecule has 3 aromatic rings. The highest BCUT2D eigenvalue weighted by atomic mass is 32.2. The van der Waals surface area contributed by atoms with Crippen LogP contribution in [0, 0.1) is 6.92 Å². The van der Waals surface area contributed by atoms with Crippen molar-refractivity contribution in [2.45, 2.75) is 64.6 Å². The monoisotopic (exact) mass is 588 g/mol. The number of amides is 1. The highest BCUT2D eigenvalue weighted by Gasteiger charge is 2.49. The van der Waals surface area contributed by atoms with Gasteiger partial charge in [-0.2, -0.15) is 21.6 Å². The number of alkyl halides is 5. The molecule has 40 heavy (non-hydrogen) atoms. The molecule has 1 amide bonds. The number of nitrogens with zero attached hydrogens (tertiary/aromatic N) is 2. The minimum absolute atomic E-state index is 0.0836. The molecule has 1 aliphatic rings. The number of benzene rings is 2. The van der Waals surface area contributed by atoms with Gasteiger partial charge in [0.2, 0.25) is 5.91 Å². The van der Waals surface area contributed by atoms with Crippen LogP contribution in [-0.2, 0) is 21.3 Å². The summed E-state index contributed by atoms with van der Waals surface area (Å²) >= 11 is 0. The lowest BCUT2D eigenvalue weighted by Crippen LogP contribution is -2.28. The molecule has 216 valence electrons. The van der Waals surface area contributed by atoms with Gasteiger partial charge in [0.15, 0.2) is 11.5 Å². The number of carbonyl (C=O) groups is 1. The lowest BCUT2D eigenvalue weighted by molar-refractivity contribution is -0.114. The molecule has 0 spiro atoms. The molecule has 2 N–H and O–H groups in total. The topological polar surface area (TPSA) is 120 Å². The lowest BCUT2D eigenvalue weighted by atomic mass is 9.98. The van der Waals surface area contributed by atoms with Crippen molar-refractivity contribution < 1.29 is 44.1 Å². The number of fused-ring (bicyclic) bond motifs is 3. The molecule has 4 rings (SSSR count). The van der Waals surface area contributed by atoms with Gasteiger partial charge in [-0.05, 0) is 57.5 Å². The van der Waals surface area contributed by atoms with Gasteiger partial charge < -0.3 is 19.6 Å². The van der Waals surface area contributed by atoms with Crippen LogP contribution >= 0.6 is 0 Å². The van der Waals surface area contributed by atoms with Crippen molar-refractivity contribution in [3.05, 3.63) is 46.8 Å². The second-order valence-electron chi connectivity index (χ2n) is 9.96. The van der Waals surface area contributed by atoms with Crippen LogP contribution in [0.1, 0.15) is 62.7 Å². The van der Waals surface area contributed by atoms with E-state index >= 15 is 0 Å². The first-order valence-corrected chi connectivity index (χ1v) is 13.3. The summed E-state index contributed by atoms with van der Waals surface area (Å²) in [5.41, 5.74) is -5.85. The quantitative estimate of drug-likeness (QED) is 0.198. The molecule has 0 unspecified atom stereocenters. The van der Waals surface area contributed by atoms with Gasteiger partial charge in [0, 0.05) is 35.5 Å². The molecule has 0 saturated carbocycles. The van der Waals surface area contributed by atoms with E-state index < -0.39 is 45.4 Å². The van der Waals surface area contributed by atoms with Crippen LogP contribution in [0.4, 0.5) is 33.5 Å². The van der Waals surface area contributed by atoms with Crippen LogP contribution in [-0.4, -0.2) is 35.4 Å². The van der Waals surface area contributed by atoms with Crippen LogP contribution < -0.4 is 19.6 Å². The number of anilines is 2. The zero-order valence-corrected chi connectivity index (χ0v) is 22.7. The molecule has 2 heterocycles. The minimum atomic E-state index is -6.04. The van der Waals surface area contributed by atoms with E-state index in [2.05, 4.69) is 24.8 Å². The highest BCUT2D eigenvalue weighted by Crippen LogP contribution is 2.48. The van der Waals surface area contributed by atoms with E-state index in [1.54, 1.807) is 27.7 Å². The Balaban J connectivity index is 1.85. The maximum atomic E-state index is 13.6. The fraction of sp³-hybridized carbons (Fsp3) is 0.400. The summed E-state index contributed by atoms with van der Waals surface area (Å²) in [5, 5.41) is 5.64. The summed E-state index contributed by atoms with van der Waals surface area (Å²) in [5.74, 6) is -0.991. The predicted molar refractivity (Wildman–Crippen MR) is 136 cm³/mol. The van der Waals surface area contributed by atoms with Crippen LogP contribution in [0.2, 0.25) is 0 Å². The number of nitrogens with one attached hydrogen (secondary N) is 2. The molecule has 15 heteroatoms. The third-order valence-corrected chi connectivity index (χ3v) is 6.95. The van der Waals surface area contributed by atoms with Crippen molar-refractivity contribution in [1.82, 2.24) is 9.97 Å². The molecule has 0 saturated heterocycles. The first-order valence-electron chi connectivity index (χ1n) is 11.9. The fourth-order valence-corrected chi connectivity index (χ4v) is 4.82. The van der Waals surface area contributed by atoms with Crippen molar-refractivity contribution in [2.75, 3.05) is 10.6 Å². The number of hydrogen-bond acceptors (Lipinski definition) is 8. The van der Waals surface area contributed by atoms with E-state index in [1.807, 2.05) is 0 Å². The SMILES string of the molecule is CC(=O)Nc1cc(C(F)F)cc([C@@H](C)Nc2nc(C)nc3c4c(c(OS(=O)(=O)C(F)(F)F)cc23)OC(C)(C)C4)c1. The largest absolute Gasteiger partial charge is 0.534 e. The average Bonchev–Trinajstić information content (AvgIpc) is 3.14. The van der Waals surface area contributed by atoms with E-state index in [0.717, 1.165) is 12.1 Å². The van der Waals surface area contributed by atoms with Gasteiger partial charge >= 0.3 is 15.6 Å². The van der Waals surface area contributed by atoms with E-state index in [-0.39, 0.29) is 40.4 Å². The maximum absolute atomic E-state index is 13.6. The number of ether oxygens (including phenoxy) is 1. The number of aromatic nitrogens is 2. The Morgan fingerprint density at radius 2 is 1.77 bits per heavy atom. The molecule has 2 aromatic carbocycles. The minimum Gasteiger partial charge on any atom is -0.483 e. The van der Waals surface area contributed by atoms with E-state index in [9.17, 15) is 35.2 Å². The lowest BCUT2D eigenvalue weighted by Gasteiger charge is -2.20. The smallest absolute Gasteiger partial charge is 0.483 e. The molecule has 0 aliphatic carbocycles. The van der Waals surface area contributed by atoms with Crippen molar-refractivity contribution >= 4 is 38.4 Å². The Morgan fingerprint density at radius 1 is 1.12 bits per heavy atom. The van der Waals surface area contributed by atoms with Crippen LogP contribution in [0.15, 0.2) is 24.3 Å². The average molecular weight is 589 g/mol. The molecular formula is C25H25F5N4O5S. The van der Waals surface area contributed by atoms with Crippen LogP contribution in [0.25, 0.3) is 10.9 Å². The second kappa shape index (κ2) is 10.0. The van der Waals surface area contributed by atoms with Crippen molar-refractivity contribution in [3.63, 3.8) is 0 Å². The predicted octanol–water partition coefficient (Wildman–Crippen LogP) is 5.95. The molecule has 0 fully saturated rings. The zero-order chi connectivity index (χ0) is 29.8. The van der Waals surface area contributed by atoms with Crippen molar-refractivity contribution in [1.29, 1.82) is 0 Å². The first-order chi connectivity index (χ1) is 18.4. The van der Waals surface area contributed by atoms with E-state index in [0.29, 0.717) is 16.6 Å². The summed E-state index contributed by atoms with van der Waals surface area (Å²) in [6, 6.07) is 4.18. The summed E-state index contributed by atoms with van der Waals surface area (Å²) in [7, 11) is -6.04. The number of aryl methyl sites for hydroxylation is 1. The van der Waals surface area contributed by atoms with Gasteiger partial charge in [0.1, 0.15) is 17.2 Å². The third-order valence-electron chi connectivity index (χ3n) is 5.98. The maximum Gasteiger partial charge on any atom is 0.534 e. The normalized spacial score (nSPS) is 15.5. The fourth-order valence-electron chi connectivity index (χ4n) is 4.37. The van der Waals surface area contributed by atoms with E-state index in [4.69, 9.17) is 4.74 Å². The number of carbonyl (C=O) groups excluding carboxylic acids is 1. The molecule has 0 bridgehead atoms. The van der Waals surface area contributed by atoms with Gasteiger partial charge in [0.25, 0.3) is 6.43 Å². The zero-order valence-electron chi connectivity index (χ0n) is 21.9. The second-order valence-corrected chi connectivity index (χ2v) is 11.5. The Hall–Kier alpha value is -3.75. The molecule has 1 aromatic heterocycles. The van der Waals surface area contributed by atoms with Gasteiger partial charge in [-0.3, -0.25) is 4.79 Å². The molecule has 1 aliphatic heterocycles. The number of rotatable bonds is 7. The number of halogens is 5. The Morgan fingerprint density at radius 3 is 2.38 bits per heavy atom. The molecular weight excluding hydrogens is 563 g/mol. The Bertz CT molecular complexity index is 1610. The highest BCUT2D eigenvalue weighted by molar-refractivity contribution is 7.88. The number of hydrogen-bond donors (Lipinski definition) is 2. The van der Waals surface area contributed by atoms with E-state index in [1.165, 1.54) is 19.1 Å². The van der Waals surface area contributed by atoms with Crippen LogP contribution in [0.3, 0.4) is 0 Å². The molecule has 1 atom stereocenters. The van der Waals surface area contributed by atoms with Crippen molar-refractivity contribution in [2.24, 2.45) is 0 Å².